The van der Waals surface area contributed by atoms with Crippen molar-refractivity contribution in [2.75, 3.05) is 13.1 Å². The molecule has 1 nitrogen and oxygen atoms in total. The fourth-order valence-corrected chi connectivity index (χ4v) is 3.18. The summed E-state index contributed by atoms with van der Waals surface area (Å²) in [5.74, 6) is 1.33. The molecule has 0 amide bonds. The Balaban J connectivity index is 2.08. The minimum atomic E-state index is -4.32. The molecule has 1 fully saturated rings. The molecule has 0 saturated carbocycles. The van der Waals surface area contributed by atoms with Gasteiger partial charge in [0, 0.05) is 11.6 Å². The number of likely N-dealkylation sites (tertiary alicyclic amines) is 1. The van der Waals surface area contributed by atoms with Crippen LogP contribution in [-0.4, -0.2) is 18.0 Å². The van der Waals surface area contributed by atoms with Crippen molar-refractivity contribution < 1.29 is 13.2 Å². The van der Waals surface area contributed by atoms with Crippen LogP contribution in [0.5, 0.6) is 0 Å². The Morgan fingerprint density at radius 3 is 2.38 bits per heavy atom. The largest absolute Gasteiger partial charge is 0.416 e. The first-order chi connectivity index (χ1) is 9.77. The summed E-state index contributed by atoms with van der Waals surface area (Å²) in [5.41, 5.74) is -0.295. The normalized spacial score (nSPS) is 18.4. The van der Waals surface area contributed by atoms with Gasteiger partial charge in [-0.25, -0.2) is 0 Å². The van der Waals surface area contributed by atoms with E-state index in [-0.39, 0.29) is 5.56 Å². The van der Waals surface area contributed by atoms with E-state index in [4.69, 9.17) is 11.6 Å². The quantitative estimate of drug-likeness (QED) is 0.737. The minimum absolute atomic E-state index is 0.276. The number of nitrogens with zero attached hydrogens (tertiary/aromatic N) is 1. The summed E-state index contributed by atoms with van der Waals surface area (Å²) in [4.78, 5) is 2.10. The Morgan fingerprint density at radius 1 is 1.24 bits per heavy atom. The van der Waals surface area contributed by atoms with Crippen LogP contribution in [0.2, 0.25) is 5.02 Å². The first kappa shape index (κ1) is 16.6. The monoisotopic (exact) mass is 319 g/mol. The van der Waals surface area contributed by atoms with Gasteiger partial charge in [0.2, 0.25) is 0 Å². The molecule has 0 unspecified atom stereocenters. The fraction of sp³-hybridized carbons (Fsp3) is 0.625. The van der Waals surface area contributed by atoms with Crippen molar-refractivity contribution in [2.24, 2.45) is 11.8 Å². The summed E-state index contributed by atoms with van der Waals surface area (Å²) in [6, 6.07) is 3.83. The van der Waals surface area contributed by atoms with Gasteiger partial charge in [-0.05, 0) is 61.5 Å². The summed E-state index contributed by atoms with van der Waals surface area (Å²) in [7, 11) is 0. The molecule has 118 valence electrons. The number of rotatable bonds is 3. The average molecular weight is 320 g/mol. The lowest BCUT2D eigenvalue weighted by atomic mass is 9.86. The maximum atomic E-state index is 13.0. The minimum Gasteiger partial charge on any atom is -0.299 e. The van der Waals surface area contributed by atoms with E-state index in [0.717, 1.165) is 32.0 Å². The zero-order chi connectivity index (χ0) is 15.6. The van der Waals surface area contributed by atoms with E-state index in [1.54, 1.807) is 0 Å². The average Bonchev–Trinajstić information content (AvgIpc) is 2.38. The highest BCUT2D eigenvalue weighted by Gasteiger charge is 2.34. The predicted octanol–water partition coefficient (Wildman–Crippen LogP) is 5.23. The molecule has 0 spiro atoms. The summed E-state index contributed by atoms with van der Waals surface area (Å²) in [6.45, 7) is 6.44. The molecule has 1 heterocycles. The van der Waals surface area contributed by atoms with Crippen LogP contribution in [0.3, 0.4) is 0 Å². The van der Waals surface area contributed by atoms with Gasteiger partial charge in [-0.3, -0.25) is 4.90 Å². The molecule has 0 atom stereocenters. The van der Waals surface area contributed by atoms with Crippen LogP contribution < -0.4 is 0 Å². The van der Waals surface area contributed by atoms with E-state index in [2.05, 4.69) is 18.7 Å². The molecule has 2 rings (SSSR count). The third-order valence-corrected chi connectivity index (χ3v) is 4.58. The Bertz CT molecular complexity index is 477. The standard InChI is InChI=1S/C16H21ClF3N/c1-11(2)12-5-7-21(8-6-12)10-13-9-14(17)3-4-15(13)16(18,19)20/h3-4,9,11-12H,5-8,10H2,1-2H3. The van der Waals surface area contributed by atoms with Crippen LogP contribution in [0, 0.1) is 11.8 Å². The van der Waals surface area contributed by atoms with E-state index >= 15 is 0 Å². The van der Waals surface area contributed by atoms with E-state index in [1.807, 2.05) is 0 Å². The molecule has 0 aromatic heterocycles. The van der Waals surface area contributed by atoms with Crippen molar-refractivity contribution in [3.63, 3.8) is 0 Å². The van der Waals surface area contributed by atoms with Gasteiger partial charge in [0.05, 0.1) is 5.56 Å². The number of piperidine rings is 1. The van der Waals surface area contributed by atoms with Gasteiger partial charge in [-0.2, -0.15) is 13.2 Å². The lowest BCUT2D eigenvalue weighted by Crippen LogP contribution is -2.35. The molecule has 1 aromatic rings. The summed E-state index contributed by atoms with van der Waals surface area (Å²) < 4.78 is 39.1. The number of halogens is 4. The topological polar surface area (TPSA) is 3.24 Å². The van der Waals surface area contributed by atoms with Crippen molar-refractivity contribution in [3.05, 3.63) is 34.3 Å². The Labute approximate surface area is 129 Å². The lowest BCUT2D eigenvalue weighted by molar-refractivity contribution is -0.138. The van der Waals surface area contributed by atoms with Crippen LogP contribution in [-0.2, 0) is 12.7 Å². The summed E-state index contributed by atoms with van der Waals surface area (Å²) in [6.07, 6.45) is -2.21. The smallest absolute Gasteiger partial charge is 0.299 e. The second-order valence-corrected chi connectivity index (χ2v) is 6.59. The van der Waals surface area contributed by atoms with Gasteiger partial charge in [-0.15, -0.1) is 0 Å². The van der Waals surface area contributed by atoms with E-state index in [9.17, 15) is 13.2 Å². The third kappa shape index (κ3) is 4.36. The van der Waals surface area contributed by atoms with E-state index in [1.165, 1.54) is 12.1 Å². The van der Waals surface area contributed by atoms with Crippen LogP contribution in [0.25, 0.3) is 0 Å². The Morgan fingerprint density at radius 2 is 1.86 bits per heavy atom. The van der Waals surface area contributed by atoms with Gasteiger partial charge in [0.25, 0.3) is 0 Å². The second kappa shape index (κ2) is 6.57. The first-order valence-corrected chi connectivity index (χ1v) is 7.73. The highest BCUT2D eigenvalue weighted by Crippen LogP contribution is 2.34. The van der Waals surface area contributed by atoms with Crippen LogP contribution in [0.15, 0.2) is 18.2 Å². The Hall–Kier alpha value is -0.740. The van der Waals surface area contributed by atoms with Crippen molar-refractivity contribution >= 4 is 11.6 Å². The van der Waals surface area contributed by atoms with Gasteiger partial charge in [-0.1, -0.05) is 25.4 Å². The van der Waals surface area contributed by atoms with Crippen molar-refractivity contribution in [2.45, 2.75) is 39.4 Å². The van der Waals surface area contributed by atoms with Gasteiger partial charge in [0.1, 0.15) is 0 Å². The fourth-order valence-electron chi connectivity index (χ4n) is 2.99. The SMILES string of the molecule is CC(C)C1CCN(Cc2cc(Cl)ccc2C(F)(F)F)CC1. The molecule has 0 aliphatic carbocycles. The Kier molecular flexibility index (Phi) is 5.20. The molecule has 1 aliphatic rings. The maximum Gasteiger partial charge on any atom is 0.416 e. The number of benzene rings is 1. The molecule has 21 heavy (non-hydrogen) atoms. The predicted molar refractivity (Wildman–Crippen MR) is 79.3 cm³/mol. The van der Waals surface area contributed by atoms with Crippen molar-refractivity contribution in [3.8, 4) is 0 Å². The van der Waals surface area contributed by atoms with Crippen molar-refractivity contribution in [1.82, 2.24) is 4.90 Å². The first-order valence-electron chi connectivity index (χ1n) is 7.35. The van der Waals surface area contributed by atoms with Crippen LogP contribution in [0.4, 0.5) is 13.2 Å². The zero-order valence-electron chi connectivity index (χ0n) is 12.4. The molecular weight excluding hydrogens is 299 g/mol. The molecule has 1 aromatic carbocycles. The molecule has 0 radical (unpaired) electrons. The number of hydrogen-bond acceptors (Lipinski definition) is 1. The third-order valence-electron chi connectivity index (χ3n) is 4.34. The lowest BCUT2D eigenvalue weighted by Gasteiger charge is -2.34. The summed E-state index contributed by atoms with van der Waals surface area (Å²) >= 11 is 5.86. The second-order valence-electron chi connectivity index (χ2n) is 6.16. The van der Waals surface area contributed by atoms with Crippen LogP contribution in [0.1, 0.15) is 37.8 Å². The van der Waals surface area contributed by atoms with E-state index < -0.39 is 11.7 Å². The van der Waals surface area contributed by atoms with Gasteiger partial charge < -0.3 is 0 Å². The molecule has 0 N–H and O–H groups in total. The van der Waals surface area contributed by atoms with E-state index in [0.29, 0.717) is 23.4 Å². The zero-order valence-corrected chi connectivity index (χ0v) is 13.1. The summed E-state index contributed by atoms with van der Waals surface area (Å²) in [5, 5.41) is 0.357. The number of alkyl halides is 3. The molecular formula is C16H21ClF3N. The molecule has 5 heteroatoms. The highest BCUT2D eigenvalue weighted by molar-refractivity contribution is 6.30. The van der Waals surface area contributed by atoms with Gasteiger partial charge in [0.15, 0.2) is 0 Å². The van der Waals surface area contributed by atoms with Gasteiger partial charge >= 0.3 is 6.18 Å². The maximum absolute atomic E-state index is 13.0. The van der Waals surface area contributed by atoms with Crippen LogP contribution >= 0.6 is 11.6 Å². The molecule has 1 aliphatic heterocycles. The highest BCUT2D eigenvalue weighted by atomic mass is 35.5. The van der Waals surface area contributed by atoms with Crippen molar-refractivity contribution in [1.29, 1.82) is 0 Å². The molecule has 1 saturated heterocycles. The number of hydrogen-bond donors (Lipinski definition) is 0. The molecule has 0 bridgehead atoms.